The monoisotopic (exact) mass is 847 g/mol. The quantitative estimate of drug-likeness (QED) is 0.155. The summed E-state index contributed by atoms with van der Waals surface area (Å²) in [5.41, 5.74) is 14.6. The number of hydrogen-bond donors (Lipinski definition) is 1. The summed E-state index contributed by atoms with van der Waals surface area (Å²) >= 11 is 0. The molecule has 0 spiro atoms. The van der Waals surface area contributed by atoms with E-state index in [-0.39, 0.29) is 22.0 Å². The highest BCUT2D eigenvalue weighted by atomic mass is 28.3. The lowest BCUT2D eigenvalue weighted by atomic mass is 9.79. The lowest BCUT2D eigenvalue weighted by molar-refractivity contribution is 0.446. The molecule has 0 saturated heterocycles. The van der Waals surface area contributed by atoms with Gasteiger partial charge in [-0.25, -0.2) is 4.98 Å². The van der Waals surface area contributed by atoms with Gasteiger partial charge in [0.05, 0.1) is 28.0 Å². The molecule has 6 aromatic carbocycles. The van der Waals surface area contributed by atoms with Crippen LogP contribution < -0.4 is 0 Å². The SMILES string of the molecule is [2H]C([2H])(c1ccc(-c2ccc(-n3c(-c4cc(C(C)(C)C)cc(C(C)(C)C)c4O)nc4c(-c5cc(-c6ccccn6)cc(C(C)(C)C)c5)cccc43)c(-c3ccccc3)c2)cc1)[Si](C)(C)C. The molecule has 8 aromatic rings. The molecule has 63 heavy (non-hydrogen) atoms. The van der Waals surface area contributed by atoms with Crippen LogP contribution in [0.3, 0.4) is 0 Å². The molecule has 2 heterocycles. The summed E-state index contributed by atoms with van der Waals surface area (Å²) in [5, 5.41) is 12.6. The van der Waals surface area contributed by atoms with Crippen molar-refractivity contribution in [2.75, 3.05) is 0 Å². The number of fused-ring (bicyclic) bond motifs is 1. The summed E-state index contributed by atoms with van der Waals surface area (Å²) in [5.74, 6) is -0.479. The summed E-state index contributed by atoms with van der Waals surface area (Å²) in [6.45, 7) is 26.1. The minimum absolute atomic E-state index is 0.132. The molecule has 0 unspecified atom stereocenters. The minimum Gasteiger partial charge on any atom is -0.507 e. The molecule has 0 amide bonds. The summed E-state index contributed by atoms with van der Waals surface area (Å²) in [6.07, 6.45) is 1.84. The Labute approximate surface area is 379 Å². The number of aromatic nitrogens is 3. The van der Waals surface area contributed by atoms with E-state index in [0.717, 1.165) is 78.0 Å². The van der Waals surface area contributed by atoms with Gasteiger partial charge in [-0.3, -0.25) is 9.55 Å². The minimum atomic E-state index is -2.15. The Morgan fingerprint density at radius 3 is 1.84 bits per heavy atom. The fraction of sp³-hybridized carbons (Fsp3) is 0.276. The third kappa shape index (κ3) is 9.08. The standard InChI is InChI=1S/C58H63N3OSi/c1-56(2,3)44-32-42(31-43(33-44)50-22-16-17-30-59-50)46-21-18-23-52-53(46)60-55(48-35-45(57(4,5)6)36-49(54(48)62)58(7,8)9)61(52)51-29-28-41(34-47(51)40-19-14-13-15-20-40)39-26-24-38(25-27-39)37-63(10,11)12/h13-36,62H,37H2,1-12H3/i37D2. The van der Waals surface area contributed by atoms with E-state index in [2.05, 4.69) is 196 Å². The van der Waals surface area contributed by atoms with Crippen LogP contribution in [0, 0.1) is 0 Å². The zero-order valence-electron chi connectivity index (χ0n) is 41.1. The van der Waals surface area contributed by atoms with Crippen LogP contribution in [0.25, 0.3) is 72.7 Å². The summed E-state index contributed by atoms with van der Waals surface area (Å²) in [6, 6.07) is 48.6. The van der Waals surface area contributed by atoms with Gasteiger partial charge in [0.1, 0.15) is 11.6 Å². The first-order valence-corrected chi connectivity index (χ1v) is 25.7. The van der Waals surface area contributed by atoms with Crippen molar-refractivity contribution >= 4 is 19.1 Å². The second-order valence-corrected chi connectivity index (χ2v) is 25.9. The highest BCUT2D eigenvalue weighted by Crippen LogP contribution is 2.46. The number of phenolic OH excluding ortho intramolecular Hbond substituents is 1. The van der Waals surface area contributed by atoms with Gasteiger partial charge < -0.3 is 5.11 Å². The molecule has 0 aliphatic carbocycles. The zero-order chi connectivity index (χ0) is 46.9. The van der Waals surface area contributed by atoms with Gasteiger partial charge in [0.25, 0.3) is 0 Å². The molecule has 0 saturated carbocycles. The van der Waals surface area contributed by atoms with Gasteiger partial charge in [-0.15, -0.1) is 0 Å². The van der Waals surface area contributed by atoms with Crippen molar-refractivity contribution < 1.29 is 7.85 Å². The Bertz CT molecular complexity index is 3040. The van der Waals surface area contributed by atoms with Crippen LogP contribution in [0.1, 0.15) is 87.3 Å². The molecule has 320 valence electrons. The number of hydrogen-bond acceptors (Lipinski definition) is 3. The van der Waals surface area contributed by atoms with E-state index >= 15 is 0 Å². The molecular weight excluding hydrogens is 783 g/mol. The van der Waals surface area contributed by atoms with Crippen molar-refractivity contribution in [3.63, 3.8) is 0 Å². The van der Waals surface area contributed by atoms with Crippen molar-refractivity contribution in [3.8, 4) is 67.5 Å². The van der Waals surface area contributed by atoms with E-state index in [0.29, 0.717) is 11.4 Å². The number of para-hydroxylation sites is 1. The van der Waals surface area contributed by atoms with Crippen molar-refractivity contribution in [1.29, 1.82) is 0 Å². The Hall–Kier alpha value is -6.04. The van der Waals surface area contributed by atoms with E-state index in [9.17, 15) is 5.11 Å². The number of imidazole rings is 1. The van der Waals surface area contributed by atoms with Gasteiger partial charge in [0, 0.05) is 39.3 Å². The van der Waals surface area contributed by atoms with Crippen LogP contribution in [-0.4, -0.2) is 27.7 Å². The molecule has 1 N–H and O–H groups in total. The van der Waals surface area contributed by atoms with Crippen LogP contribution in [0.15, 0.2) is 146 Å². The Morgan fingerprint density at radius 2 is 1.21 bits per heavy atom. The van der Waals surface area contributed by atoms with Gasteiger partial charge in [-0.2, -0.15) is 0 Å². The van der Waals surface area contributed by atoms with Crippen LogP contribution in [0.5, 0.6) is 5.75 Å². The third-order valence-electron chi connectivity index (χ3n) is 11.8. The molecule has 0 aliphatic heterocycles. The molecule has 0 fully saturated rings. The smallest absolute Gasteiger partial charge is 0.149 e. The van der Waals surface area contributed by atoms with Gasteiger partial charge in [0.2, 0.25) is 0 Å². The second kappa shape index (κ2) is 16.3. The molecule has 0 atom stereocenters. The van der Waals surface area contributed by atoms with Gasteiger partial charge in [0.15, 0.2) is 0 Å². The van der Waals surface area contributed by atoms with E-state index in [1.54, 1.807) is 0 Å². The van der Waals surface area contributed by atoms with E-state index < -0.39 is 14.1 Å². The fourth-order valence-electron chi connectivity index (χ4n) is 8.40. The number of pyridine rings is 1. The van der Waals surface area contributed by atoms with E-state index in [4.69, 9.17) is 12.7 Å². The predicted octanol–water partition coefficient (Wildman–Crippen LogP) is 15.8. The molecular formula is C58H63N3OSi. The number of benzene rings is 6. The normalized spacial score (nSPS) is 13.3. The first kappa shape index (κ1) is 41.0. The highest BCUT2D eigenvalue weighted by molar-refractivity contribution is 6.75. The zero-order valence-corrected chi connectivity index (χ0v) is 40.1. The van der Waals surface area contributed by atoms with E-state index in [1.807, 2.05) is 36.5 Å². The van der Waals surface area contributed by atoms with Crippen molar-refractivity contribution in [2.45, 2.75) is 104 Å². The second-order valence-electron chi connectivity index (χ2n) is 21.2. The average Bonchev–Trinajstić information content (AvgIpc) is 3.64. The summed E-state index contributed by atoms with van der Waals surface area (Å²) in [4.78, 5) is 10.4. The van der Waals surface area contributed by atoms with Crippen LogP contribution >= 0.6 is 0 Å². The average molecular weight is 848 g/mol. The maximum atomic E-state index is 12.6. The lowest BCUT2D eigenvalue weighted by Gasteiger charge is -2.27. The maximum absolute atomic E-state index is 12.6. The topological polar surface area (TPSA) is 50.9 Å². The largest absolute Gasteiger partial charge is 0.507 e. The van der Waals surface area contributed by atoms with Gasteiger partial charge in [-0.05, 0) is 104 Å². The van der Waals surface area contributed by atoms with Crippen LogP contribution in [0.4, 0.5) is 0 Å². The summed E-state index contributed by atoms with van der Waals surface area (Å²) < 4.78 is 20.2. The molecule has 8 rings (SSSR count). The van der Waals surface area contributed by atoms with Crippen molar-refractivity contribution in [2.24, 2.45) is 0 Å². The van der Waals surface area contributed by atoms with Crippen LogP contribution in [-0.2, 0) is 22.2 Å². The molecule has 5 heteroatoms. The molecule has 0 aliphatic rings. The molecule has 4 nitrogen and oxygen atoms in total. The Morgan fingerprint density at radius 1 is 0.556 bits per heavy atom. The highest BCUT2D eigenvalue weighted by Gasteiger charge is 2.30. The number of nitrogens with zero attached hydrogens (tertiary/aromatic N) is 3. The lowest BCUT2D eigenvalue weighted by Crippen LogP contribution is -2.23. The number of phenols is 1. The molecule has 0 radical (unpaired) electrons. The van der Waals surface area contributed by atoms with Crippen LogP contribution in [0.2, 0.25) is 19.6 Å². The third-order valence-corrected chi connectivity index (χ3v) is 12.9. The van der Waals surface area contributed by atoms with Crippen molar-refractivity contribution in [3.05, 3.63) is 168 Å². The Kier molecular flexibility index (Phi) is 10.6. The molecule has 2 aromatic heterocycles. The maximum Gasteiger partial charge on any atom is 0.149 e. The van der Waals surface area contributed by atoms with Gasteiger partial charge >= 0.3 is 0 Å². The van der Waals surface area contributed by atoms with Gasteiger partial charge in [-0.1, -0.05) is 179 Å². The van der Waals surface area contributed by atoms with Crippen molar-refractivity contribution in [1.82, 2.24) is 14.5 Å². The summed E-state index contributed by atoms with van der Waals surface area (Å²) in [7, 11) is -2.15. The molecule has 0 bridgehead atoms. The predicted molar refractivity (Wildman–Crippen MR) is 271 cm³/mol. The first-order chi connectivity index (χ1) is 30.4. The first-order valence-electron chi connectivity index (χ1n) is 23.2. The fourth-order valence-corrected chi connectivity index (χ4v) is 9.44. The number of rotatable bonds is 8. The Balaban J connectivity index is 1.45. The number of aromatic hydroxyl groups is 1. The van der Waals surface area contributed by atoms with E-state index in [1.165, 1.54) is 5.56 Å².